The van der Waals surface area contributed by atoms with E-state index in [1.165, 1.54) is 6.07 Å². The van der Waals surface area contributed by atoms with Crippen molar-refractivity contribution >= 4 is 11.8 Å². The molecular formula is C22H23FN2O2. The summed E-state index contributed by atoms with van der Waals surface area (Å²) in [6.45, 7) is 0.489. The van der Waals surface area contributed by atoms with Gasteiger partial charge in [-0.3, -0.25) is 9.59 Å². The number of rotatable bonds is 7. The van der Waals surface area contributed by atoms with E-state index in [-0.39, 0.29) is 30.1 Å². The van der Waals surface area contributed by atoms with E-state index < -0.39 is 0 Å². The molecule has 0 atom stereocenters. The summed E-state index contributed by atoms with van der Waals surface area (Å²) in [5, 5.41) is 2.97. The first-order valence-corrected chi connectivity index (χ1v) is 9.53. The van der Waals surface area contributed by atoms with Crippen molar-refractivity contribution in [2.45, 2.75) is 50.7 Å². The first-order valence-electron chi connectivity index (χ1n) is 9.53. The maximum Gasteiger partial charge on any atom is 0.251 e. The Kier molecular flexibility index (Phi) is 4.92. The van der Waals surface area contributed by atoms with Gasteiger partial charge < -0.3 is 10.2 Å². The monoisotopic (exact) mass is 366 g/mol. The summed E-state index contributed by atoms with van der Waals surface area (Å²) in [7, 11) is 0. The minimum Gasteiger partial charge on any atom is -0.349 e. The van der Waals surface area contributed by atoms with Gasteiger partial charge >= 0.3 is 0 Å². The third-order valence-electron chi connectivity index (χ3n) is 5.09. The van der Waals surface area contributed by atoms with Gasteiger partial charge in [-0.15, -0.1) is 0 Å². The molecule has 2 aliphatic carbocycles. The van der Waals surface area contributed by atoms with Crippen LogP contribution in [-0.4, -0.2) is 28.8 Å². The fourth-order valence-electron chi connectivity index (χ4n) is 3.17. The number of carbonyl (C=O) groups excluding carboxylic acids is 2. The van der Waals surface area contributed by atoms with Crippen LogP contribution in [0.1, 0.15) is 47.2 Å². The Morgan fingerprint density at radius 1 is 1.00 bits per heavy atom. The second-order valence-electron chi connectivity index (χ2n) is 7.47. The zero-order valence-electron chi connectivity index (χ0n) is 15.2. The van der Waals surface area contributed by atoms with E-state index in [0.717, 1.165) is 31.2 Å². The summed E-state index contributed by atoms with van der Waals surface area (Å²) < 4.78 is 13.9. The molecule has 4 rings (SSSR count). The van der Waals surface area contributed by atoms with Crippen molar-refractivity contribution in [3.05, 3.63) is 71.0 Å². The van der Waals surface area contributed by atoms with Crippen LogP contribution >= 0.6 is 0 Å². The van der Waals surface area contributed by atoms with Crippen molar-refractivity contribution in [2.75, 3.05) is 0 Å². The molecule has 0 spiro atoms. The highest BCUT2D eigenvalue weighted by molar-refractivity contribution is 5.94. The van der Waals surface area contributed by atoms with Gasteiger partial charge in [0.25, 0.3) is 5.91 Å². The molecule has 5 heteroatoms. The van der Waals surface area contributed by atoms with Gasteiger partial charge in [0.1, 0.15) is 5.82 Å². The van der Waals surface area contributed by atoms with Crippen LogP contribution in [0.2, 0.25) is 0 Å². The molecular weight excluding hydrogens is 343 g/mol. The highest BCUT2D eigenvalue weighted by Gasteiger charge is 2.32. The molecule has 0 saturated heterocycles. The van der Waals surface area contributed by atoms with Crippen LogP contribution in [0, 0.1) is 5.82 Å². The lowest BCUT2D eigenvalue weighted by Crippen LogP contribution is -2.34. The molecule has 0 unspecified atom stereocenters. The minimum absolute atomic E-state index is 0.0428. The molecule has 2 aromatic rings. The summed E-state index contributed by atoms with van der Waals surface area (Å²) in [5.41, 5.74) is 2.05. The minimum atomic E-state index is -0.340. The lowest BCUT2D eigenvalue weighted by Gasteiger charge is -2.23. The molecule has 2 aliphatic rings. The van der Waals surface area contributed by atoms with Gasteiger partial charge in [0, 0.05) is 24.2 Å². The normalized spacial score (nSPS) is 16.0. The molecule has 2 fully saturated rings. The highest BCUT2D eigenvalue weighted by Crippen LogP contribution is 2.29. The molecule has 0 heterocycles. The van der Waals surface area contributed by atoms with Crippen molar-refractivity contribution in [1.29, 1.82) is 0 Å². The molecule has 2 saturated carbocycles. The number of nitrogens with zero attached hydrogens (tertiary/aromatic N) is 1. The predicted octanol–water partition coefficient (Wildman–Crippen LogP) is 3.45. The molecule has 2 amide bonds. The van der Waals surface area contributed by atoms with Gasteiger partial charge in [0.2, 0.25) is 5.91 Å². The lowest BCUT2D eigenvalue weighted by atomic mass is 10.1. The summed E-state index contributed by atoms with van der Waals surface area (Å²) in [6.07, 6.45) is 4.18. The molecule has 4 nitrogen and oxygen atoms in total. The second kappa shape index (κ2) is 7.51. The largest absolute Gasteiger partial charge is 0.349 e. The van der Waals surface area contributed by atoms with E-state index in [9.17, 15) is 14.0 Å². The van der Waals surface area contributed by atoms with Crippen molar-refractivity contribution in [3.63, 3.8) is 0 Å². The number of benzene rings is 2. The van der Waals surface area contributed by atoms with E-state index in [0.29, 0.717) is 23.7 Å². The van der Waals surface area contributed by atoms with Gasteiger partial charge in [-0.25, -0.2) is 4.39 Å². The molecule has 27 heavy (non-hydrogen) atoms. The molecule has 0 aromatic heterocycles. The van der Waals surface area contributed by atoms with Crippen molar-refractivity contribution in [3.8, 4) is 0 Å². The van der Waals surface area contributed by atoms with Crippen LogP contribution in [0.3, 0.4) is 0 Å². The number of nitrogens with one attached hydrogen (secondary N) is 1. The van der Waals surface area contributed by atoms with Crippen LogP contribution in [-0.2, 0) is 17.8 Å². The Balaban J connectivity index is 1.41. The average molecular weight is 366 g/mol. The van der Waals surface area contributed by atoms with Crippen molar-refractivity contribution < 1.29 is 14.0 Å². The zero-order valence-corrected chi connectivity index (χ0v) is 15.2. The van der Waals surface area contributed by atoms with Gasteiger partial charge in [-0.2, -0.15) is 0 Å². The Bertz CT molecular complexity index is 842. The number of carbonyl (C=O) groups is 2. The summed E-state index contributed by atoms with van der Waals surface area (Å²) in [4.78, 5) is 26.7. The summed E-state index contributed by atoms with van der Waals surface area (Å²) >= 11 is 0. The van der Waals surface area contributed by atoms with E-state index in [4.69, 9.17) is 0 Å². The molecule has 1 N–H and O–H groups in total. The molecule has 0 aliphatic heterocycles. The van der Waals surface area contributed by atoms with E-state index in [2.05, 4.69) is 5.32 Å². The fraction of sp³-hybridized carbons (Fsp3) is 0.364. The smallest absolute Gasteiger partial charge is 0.251 e. The van der Waals surface area contributed by atoms with Crippen LogP contribution in [0.5, 0.6) is 0 Å². The summed E-state index contributed by atoms with van der Waals surface area (Å²) in [5.74, 6) is -0.440. The Morgan fingerprint density at radius 3 is 2.33 bits per heavy atom. The van der Waals surface area contributed by atoms with Gasteiger partial charge in [-0.05, 0) is 55.0 Å². The molecule has 2 aromatic carbocycles. The maximum atomic E-state index is 13.9. The predicted molar refractivity (Wildman–Crippen MR) is 101 cm³/mol. The molecule has 140 valence electrons. The fourth-order valence-corrected chi connectivity index (χ4v) is 3.17. The number of amides is 2. The summed E-state index contributed by atoms with van der Waals surface area (Å²) in [6, 6.07) is 14.4. The van der Waals surface area contributed by atoms with Crippen molar-refractivity contribution in [1.82, 2.24) is 10.2 Å². The van der Waals surface area contributed by atoms with Gasteiger partial charge in [-0.1, -0.05) is 30.3 Å². The highest BCUT2D eigenvalue weighted by atomic mass is 19.1. The van der Waals surface area contributed by atoms with Crippen LogP contribution in [0.25, 0.3) is 0 Å². The SMILES string of the molecule is O=C(NC1CC1)c1ccc(CN(C(=O)Cc2ccccc2F)C2CC2)cc1. The van der Waals surface area contributed by atoms with Gasteiger partial charge in [0.15, 0.2) is 0 Å². The van der Waals surface area contributed by atoms with Crippen LogP contribution < -0.4 is 5.32 Å². The third kappa shape index (κ3) is 4.54. The number of hydrogen-bond donors (Lipinski definition) is 1. The topological polar surface area (TPSA) is 49.4 Å². The van der Waals surface area contributed by atoms with E-state index in [1.807, 2.05) is 17.0 Å². The Labute approximate surface area is 158 Å². The standard InChI is InChI=1S/C22H23FN2O2/c23-20-4-2-1-3-17(20)13-21(26)25(19-11-12-19)14-15-5-7-16(8-6-15)22(27)24-18-9-10-18/h1-8,18-19H,9-14H2,(H,24,27). The Hall–Kier alpha value is -2.69. The zero-order chi connectivity index (χ0) is 18.8. The lowest BCUT2D eigenvalue weighted by molar-refractivity contribution is -0.131. The first-order chi connectivity index (χ1) is 13.1. The van der Waals surface area contributed by atoms with Crippen molar-refractivity contribution in [2.24, 2.45) is 0 Å². The molecule has 0 radical (unpaired) electrons. The maximum absolute atomic E-state index is 13.9. The molecule has 0 bridgehead atoms. The second-order valence-corrected chi connectivity index (χ2v) is 7.47. The van der Waals surface area contributed by atoms with Crippen LogP contribution in [0.15, 0.2) is 48.5 Å². The first kappa shape index (κ1) is 17.7. The average Bonchev–Trinajstić information content (AvgIpc) is 3.57. The quantitative estimate of drug-likeness (QED) is 0.816. The number of hydrogen-bond acceptors (Lipinski definition) is 2. The van der Waals surface area contributed by atoms with E-state index >= 15 is 0 Å². The number of halogens is 1. The van der Waals surface area contributed by atoms with Gasteiger partial charge in [0.05, 0.1) is 6.42 Å². The Morgan fingerprint density at radius 2 is 1.70 bits per heavy atom. The third-order valence-corrected chi connectivity index (χ3v) is 5.09. The van der Waals surface area contributed by atoms with Crippen LogP contribution in [0.4, 0.5) is 4.39 Å². The van der Waals surface area contributed by atoms with E-state index in [1.54, 1.807) is 30.3 Å².